The van der Waals surface area contributed by atoms with Gasteiger partial charge in [0.25, 0.3) is 0 Å². The van der Waals surface area contributed by atoms with Crippen LogP contribution in [-0.4, -0.2) is 0 Å². The number of halogens is 2. The van der Waals surface area contributed by atoms with Crippen molar-refractivity contribution in [2.24, 2.45) is 0 Å². The van der Waals surface area contributed by atoms with Crippen molar-refractivity contribution < 1.29 is 4.39 Å². The smallest absolute Gasteiger partial charge is 0.135 e. The maximum atomic E-state index is 13.9. The zero-order valence-electron chi connectivity index (χ0n) is 8.30. The third-order valence-corrected chi connectivity index (χ3v) is 2.81. The zero-order chi connectivity index (χ0) is 10.8. The van der Waals surface area contributed by atoms with Crippen LogP contribution in [0.5, 0.6) is 0 Å². The minimum absolute atomic E-state index is 0.242. The summed E-state index contributed by atoms with van der Waals surface area (Å²) in [6, 6.07) is 12.9. The molecule has 0 nitrogen and oxygen atoms in total. The molecule has 2 heteroatoms. The van der Waals surface area contributed by atoms with Crippen LogP contribution in [0.15, 0.2) is 42.5 Å². The highest BCUT2D eigenvalue weighted by molar-refractivity contribution is 6.31. The second kappa shape index (κ2) is 4.03. The standard InChI is InChI=1S/C13H10ClF/c1-9-12(14)8-7-11(13(9)15)10-5-3-2-4-6-10/h2-8H,1H3. The highest BCUT2D eigenvalue weighted by atomic mass is 35.5. The predicted octanol–water partition coefficient (Wildman–Crippen LogP) is 4.45. The van der Waals surface area contributed by atoms with Crippen LogP contribution >= 0.6 is 11.6 Å². The summed E-state index contributed by atoms with van der Waals surface area (Å²) in [5, 5.41) is 0.465. The number of rotatable bonds is 1. The van der Waals surface area contributed by atoms with Gasteiger partial charge in [-0.2, -0.15) is 0 Å². The molecule has 0 radical (unpaired) electrons. The Kier molecular flexibility index (Phi) is 2.74. The third-order valence-electron chi connectivity index (χ3n) is 2.41. The van der Waals surface area contributed by atoms with Crippen LogP contribution in [0.2, 0.25) is 5.02 Å². The summed E-state index contributed by atoms with van der Waals surface area (Å²) >= 11 is 5.83. The van der Waals surface area contributed by atoms with Crippen LogP contribution in [-0.2, 0) is 0 Å². The second-order valence-corrected chi connectivity index (χ2v) is 3.81. The number of hydrogen-bond acceptors (Lipinski definition) is 0. The van der Waals surface area contributed by atoms with E-state index < -0.39 is 0 Å². The SMILES string of the molecule is Cc1c(Cl)ccc(-c2ccccc2)c1F. The molecular weight excluding hydrogens is 211 g/mol. The maximum Gasteiger partial charge on any atom is 0.135 e. The van der Waals surface area contributed by atoms with Crippen molar-refractivity contribution in [2.75, 3.05) is 0 Å². The van der Waals surface area contributed by atoms with Gasteiger partial charge in [0.2, 0.25) is 0 Å². The van der Waals surface area contributed by atoms with Gasteiger partial charge in [-0.3, -0.25) is 0 Å². The van der Waals surface area contributed by atoms with E-state index >= 15 is 0 Å². The average molecular weight is 221 g/mol. The Morgan fingerprint density at radius 1 is 1.00 bits per heavy atom. The van der Waals surface area contributed by atoms with Crippen LogP contribution in [0.1, 0.15) is 5.56 Å². The molecule has 15 heavy (non-hydrogen) atoms. The van der Waals surface area contributed by atoms with Gasteiger partial charge >= 0.3 is 0 Å². The largest absolute Gasteiger partial charge is 0.206 e. The minimum Gasteiger partial charge on any atom is -0.206 e. The Morgan fingerprint density at radius 3 is 2.33 bits per heavy atom. The van der Waals surface area contributed by atoms with Crippen LogP contribution in [0.3, 0.4) is 0 Å². The van der Waals surface area contributed by atoms with E-state index in [1.165, 1.54) is 0 Å². The minimum atomic E-state index is -0.242. The molecule has 0 amide bonds. The van der Waals surface area contributed by atoms with Crippen LogP contribution in [0.25, 0.3) is 11.1 Å². The molecule has 0 unspecified atom stereocenters. The lowest BCUT2D eigenvalue weighted by Crippen LogP contribution is -1.89. The van der Waals surface area contributed by atoms with Gasteiger partial charge in [0.1, 0.15) is 5.82 Å². The molecule has 2 rings (SSSR count). The monoisotopic (exact) mass is 220 g/mol. The van der Waals surface area contributed by atoms with E-state index in [-0.39, 0.29) is 5.82 Å². The van der Waals surface area contributed by atoms with Gasteiger partial charge in [0, 0.05) is 16.1 Å². The lowest BCUT2D eigenvalue weighted by molar-refractivity contribution is 0.622. The molecule has 76 valence electrons. The molecule has 2 aromatic rings. The molecule has 0 fully saturated rings. The van der Waals surface area contributed by atoms with E-state index in [4.69, 9.17) is 11.6 Å². The molecule has 0 saturated heterocycles. The summed E-state index contributed by atoms with van der Waals surface area (Å²) in [5.74, 6) is -0.242. The van der Waals surface area contributed by atoms with Gasteiger partial charge in [-0.25, -0.2) is 4.39 Å². The molecule has 0 aliphatic rings. The molecule has 2 aromatic carbocycles. The van der Waals surface area contributed by atoms with Crippen molar-refractivity contribution in [1.29, 1.82) is 0 Å². The highest BCUT2D eigenvalue weighted by Crippen LogP contribution is 2.28. The van der Waals surface area contributed by atoms with Crippen molar-refractivity contribution in [3.8, 4) is 11.1 Å². The van der Waals surface area contributed by atoms with Gasteiger partial charge in [-0.15, -0.1) is 0 Å². The first-order chi connectivity index (χ1) is 7.20. The fraction of sp³-hybridized carbons (Fsp3) is 0.0769. The van der Waals surface area contributed by atoms with Crippen molar-refractivity contribution in [2.45, 2.75) is 6.92 Å². The molecule has 0 N–H and O–H groups in total. The molecule has 0 bridgehead atoms. The predicted molar refractivity (Wildman–Crippen MR) is 61.6 cm³/mol. The second-order valence-electron chi connectivity index (χ2n) is 3.40. The normalized spacial score (nSPS) is 10.3. The Hall–Kier alpha value is -1.34. The van der Waals surface area contributed by atoms with E-state index in [9.17, 15) is 4.39 Å². The summed E-state index contributed by atoms with van der Waals surface area (Å²) in [6.45, 7) is 1.68. The number of benzene rings is 2. The Morgan fingerprint density at radius 2 is 1.67 bits per heavy atom. The van der Waals surface area contributed by atoms with Crippen molar-refractivity contribution in [3.63, 3.8) is 0 Å². The topological polar surface area (TPSA) is 0 Å². The fourth-order valence-corrected chi connectivity index (χ4v) is 1.65. The lowest BCUT2D eigenvalue weighted by atomic mass is 10.0. The summed E-state index contributed by atoms with van der Waals surface area (Å²) in [5.41, 5.74) is 1.96. The van der Waals surface area contributed by atoms with Crippen LogP contribution in [0.4, 0.5) is 4.39 Å². The molecule has 0 spiro atoms. The third kappa shape index (κ3) is 1.88. The molecule has 0 atom stereocenters. The highest BCUT2D eigenvalue weighted by Gasteiger charge is 2.09. The first-order valence-electron chi connectivity index (χ1n) is 4.70. The van der Waals surface area contributed by atoms with Crippen molar-refractivity contribution in [1.82, 2.24) is 0 Å². The van der Waals surface area contributed by atoms with E-state index in [2.05, 4.69) is 0 Å². The van der Waals surface area contributed by atoms with Gasteiger partial charge in [0.15, 0.2) is 0 Å². The quantitative estimate of drug-likeness (QED) is 0.666. The van der Waals surface area contributed by atoms with E-state index in [0.29, 0.717) is 16.1 Å². The Bertz CT molecular complexity index is 477. The first kappa shape index (κ1) is 10.2. The summed E-state index contributed by atoms with van der Waals surface area (Å²) in [7, 11) is 0. The average Bonchev–Trinajstić information content (AvgIpc) is 2.27. The Balaban J connectivity index is 2.60. The maximum absolute atomic E-state index is 13.9. The summed E-state index contributed by atoms with van der Waals surface area (Å²) < 4.78 is 13.9. The van der Waals surface area contributed by atoms with Gasteiger partial charge < -0.3 is 0 Å². The fourth-order valence-electron chi connectivity index (χ4n) is 1.50. The molecule has 0 saturated carbocycles. The van der Waals surface area contributed by atoms with Gasteiger partial charge in [0.05, 0.1) is 0 Å². The summed E-state index contributed by atoms with van der Waals surface area (Å²) in [4.78, 5) is 0. The molecule has 0 aliphatic heterocycles. The molecular formula is C13H10ClF. The molecule has 0 heterocycles. The van der Waals surface area contributed by atoms with E-state index in [1.807, 2.05) is 30.3 Å². The van der Waals surface area contributed by atoms with Gasteiger partial charge in [-0.1, -0.05) is 41.9 Å². The lowest BCUT2D eigenvalue weighted by Gasteiger charge is -2.06. The number of hydrogen-bond donors (Lipinski definition) is 0. The van der Waals surface area contributed by atoms with E-state index in [1.54, 1.807) is 19.1 Å². The van der Waals surface area contributed by atoms with Crippen LogP contribution < -0.4 is 0 Å². The summed E-state index contributed by atoms with van der Waals surface area (Å²) in [6.07, 6.45) is 0. The molecule has 0 aliphatic carbocycles. The molecule has 0 aromatic heterocycles. The van der Waals surface area contributed by atoms with Gasteiger partial charge in [-0.05, 0) is 24.6 Å². The van der Waals surface area contributed by atoms with Crippen molar-refractivity contribution in [3.05, 3.63) is 58.9 Å². The Labute approximate surface area is 93.3 Å². The van der Waals surface area contributed by atoms with E-state index in [0.717, 1.165) is 5.56 Å². The first-order valence-corrected chi connectivity index (χ1v) is 5.08. The zero-order valence-corrected chi connectivity index (χ0v) is 9.05. The van der Waals surface area contributed by atoms with Crippen LogP contribution in [0, 0.1) is 12.7 Å². The van der Waals surface area contributed by atoms with Crippen molar-refractivity contribution >= 4 is 11.6 Å².